The van der Waals surface area contributed by atoms with Gasteiger partial charge < -0.3 is 5.11 Å². The fourth-order valence-corrected chi connectivity index (χ4v) is 2.70. The normalized spacial score (nSPS) is 16.4. The zero-order valence-electron chi connectivity index (χ0n) is 10.6. The van der Waals surface area contributed by atoms with Crippen LogP contribution in [0, 0.1) is 5.92 Å². The van der Waals surface area contributed by atoms with Gasteiger partial charge in [-0.3, -0.25) is 0 Å². The maximum atomic E-state index is 11.7. The largest absolute Gasteiger partial charge is 0.396 e. The summed E-state index contributed by atoms with van der Waals surface area (Å²) in [6.07, 6.45) is 1.04. The van der Waals surface area contributed by atoms with E-state index in [1.165, 1.54) is 0 Å². The lowest BCUT2D eigenvalue weighted by Gasteiger charge is -2.28. The topological polar surface area (TPSA) is 78.4 Å². The number of hydrogen-bond acceptors (Lipinski definition) is 3. The van der Waals surface area contributed by atoms with Crippen molar-refractivity contribution in [1.82, 2.24) is 9.44 Å². The van der Waals surface area contributed by atoms with Gasteiger partial charge in [-0.15, -0.1) is 0 Å². The predicted octanol–water partition coefficient (Wildman–Crippen LogP) is 0.618. The zero-order valence-corrected chi connectivity index (χ0v) is 11.4. The van der Waals surface area contributed by atoms with E-state index in [4.69, 9.17) is 5.11 Å². The van der Waals surface area contributed by atoms with Crippen molar-refractivity contribution in [3.8, 4) is 0 Å². The molecule has 1 unspecified atom stereocenters. The van der Waals surface area contributed by atoms with E-state index in [2.05, 4.69) is 9.44 Å². The van der Waals surface area contributed by atoms with Gasteiger partial charge in [0.2, 0.25) is 0 Å². The van der Waals surface area contributed by atoms with Crippen LogP contribution in [-0.4, -0.2) is 32.2 Å². The van der Waals surface area contributed by atoms with E-state index in [0.717, 1.165) is 0 Å². The van der Waals surface area contributed by atoms with E-state index in [0.29, 0.717) is 19.4 Å². The smallest absolute Gasteiger partial charge is 0.277 e. The average Bonchev–Trinajstić information content (AvgIpc) is 2.15. The minimum Gasteiger partial charge on any atom is -0.396 e. The van der Waals surface area contributed by atoms with Gasteiger partial charge in [-0.25, -0.2) is 4.72 Å². The zero-order chi connectivity index (χ0) is 12.8. The van der Waals surface area contributed by atoms with Crippen LogP contribution in [0.3, 0.4) is 0 Å². The lowest BCUT2D eigenvalue weighted by Crippen LogP contribution is -2.51. The van der Waals surface area contributed by atoms with Crippen molar-refractivity contribution in [2.45, 2.75) is 46.1 Å². The number of nitrogens with one attached hydrogen (secondary N) is 2. The Kier molecular flexibility index (Phi) is 6.47. The molecule has 6 heteroatoms. The van der Waals surface area contributed by atoms with Crippen LogP contribution in [0.4, 0.5) is 0 Å². The second kappa shape index (κ2) is 6.54. The Balaban J connectivity index is 4.43. The van der Waals surface area contributed by atoms with Crippen LogP contribution >= 0.6 is 0 Å². The average molecular weight is 252 g/mol. The summed E-state index contributed by atoms with van der Waals surface area (Å²) in [5.74, 6) is 0.266. The lowest BCUT2D eigenvalue weighted by molar-refractivity contribution is 0.233. The minimum atomic E-state index is -3.48. The molecule has 0 aliphatic rings. The van der Waals surface area contributed by atoms with Gasteiger partial charge in [0.1, 0.15) is 0 Å². The molecule has 0 fully saturated rings. The molecule has 0 aromatic heterocycles. The third-order valence-electron chi connectivity index (χ3n) is 2.51. The first-order valence-electron chi connectivity index (χ1n) is 5.64. The second-order valence-corrected chi connectivity index (χ2v) is 6.24. The molecule has 0 radical (unpaired) electrons. The van der Waals surface area contributed by atoms with Crippen LogP contribution in [0.15, 0.2) is 0 Å². The molecular formula is C10H24N2O3S. The maximum absolute atomic E-state index is 11.7. The van der Waals surface area contributed by atoms with E-state index in [-0.39, 0.29) is 12.5 Å². The van der Waals surface area contributed by atoms with Crippen molar-refractivity contribution in [2.75, 3.05) is 13.2 Å². The highest BCUT2D eigenvalue weighted by atomic mass is 32.2. The standard InChI is InChI=1S/C10H24N2O3S/c1-5-10(4,6-7-13)12-16(14,15)11-8-9(2)3/h9,11-13H,5-8H2,1-4H3. The van der Waals surface area contributed by atoms with Crippen LogP contribution in [0.1, 0.15) is 40.5 Å². The molecule has 3 N–H and O–H groups in total. The third kappa shape index (κ3) is 6.42. The molecule has 16 heavy (non-hydrogen) atoms. The van der Waals surface area contributed by atoms with E-state index in [9.17, 15) is 8.42 Å². The van der Waals surface area contributed by atoms with E-state index in [1.54, 1.807) is 6.92 Å². The first kappa shape index (κ1) is 15.8. The van der Waals surface area contributed by atoms with E-state index >= 15 is 0 Å². The molecule has 0 heterocycles. The molecule has 0 aromatic rings. The summed E-state index contributed by atoms with van der Waals surface area (Å²) in [5, 5.41) is 8.89. The summed E-state index contributed by atoms with van der Waals surface area (Å²) in [5.41, 5.74) is -0.586. The number of rotatable bonds is 8. The molecule has 0 bridgehead atoms. The Morgan fingerprint density at radius 2 is 1.94 bits per heavy atom. The molecular weight excluding hydrogens is 228 g/mol. The van der Waals surface area contributed by atoms with Crippen molar-refractivity contribution >= 4 is 10.2 Å². The van der Waals surface area contributed by atoms with Gasteiger partial charge in [0.05, 0.1) is 0 Å². The molecule has 0 saturated heterocycles. The van der Waals surface area contributed by atoms with E-state index < -0.39 is 15.7 Å². The molecule has 5 nitrogen and oxygen atoms in total. The van der Waals surface area contributed by atoms with Gasteiger partial charge in [0.25, 0.3) is 10.2 Å². The fourth-order valence-electron chi connectivity index (χ4n) is 1.18. The molecule has 0 spiro atoms. The summed E-state index contributed by atoms with van der Waals surface area (Å²) in [6.45, 7) is 7.94. The van der Waals surface area contributed by atoms with Gasteiger partial charge in [0.15, 0.2) is 0 Å². The van der Waals surface area contributed by atoms with Gasteiger partial charge in [-0.1, -0.05) is 20.8 Å². The van der Waals surface area contributed by atoms with Crippen molar-refractivity contribution in [1.29, 1.82) is 0 Å². The first-order chi connectivity index (χ1) is 7.24. The second-order valence-electron chi connectivity index (χ2n) is 4.74. The summed E-state index contributed by atoms with van der Waals surface area (Å²) in [6, 6.07) is 0. The van der Waals surface area contributed by atoms with Crippen molar-refractivity contribution < 1.29 is 13.5 Å². The molecule has 0 aromatic carbocycles. The molecule has 0 rings (SSSR count). The number of aliphatic hydroxyl groups is 1. The van der Waals surface area contributed by atoms with Gasteiger partial charge in [-0.05, 0) is 25.7 Å². The van der Waals surface area contributed by atoms with Gasteiger partial charge in [0, 0.05) is 18.7 Å². The summed E-state index contributed by atoms with van der Waals surface area (Å²) < 4.78 is 28.4. The van der Waals surface area contributed by atoms with Crippen LogP contribution in [0.5, 0.6) is 0 Å². The Morgan fingerprint density at radius 1 is 1.38 bits per heavy atom. The highest BCUT2D eigenvalue weighted by Gasteiger charge is 2.27. The van der Waals surface area contributed by atoms with Crippen LogP contribution in [-0.2, 0) is 10.2 Å². The Bertz CT molecular complexity index is 290. The fraction of sp³-hybridized carbons (Fsp3) is 1.00. The van der Waals surface area contributed by atoms with E-state index in [1.807, 2.05) is 20.8 Å². The lowest BCUT2D eigenvalue weighted by atomic mass is 9.97. The molecule has 98 valence electrons. The van der Waals surface area contributed by atoms with Crippen molar-refractivity contribution in [2.24, 2.45) is 5.92 Å². The summed E-state index contributed by atoms with van der Waals surface area (Å²) in [4.78, 5) is 0. The Hall–Kier alpha value is -0.170. The van der Waals surface area contributed by atoms with Gasteiger partial charge >= 0.3 is 0 Å². The van der Waals surface area contributed by atoms with Crippen LogP contribution in [0.25, 0.3) is 0 Å². The number of aliphatic hydroxyl groups excluding tert-OH is 1. The Morgan fingerprint density at radius 3 is 2.31 bits per heavy atom. The number of hydrogen-bond donors (Lipinski definition) is 3. The highest BCUT2D eigenvalue weighted by molar-refractivity contribution is 7.87. The van der Waals surface area contributed by atoms with Crippen molar-refractivity contribution in [3.05, 3.63) is 0 Å². The van der Waals surface area contributed by atoms with Crippen molar-refractivity contribution in [3.63, 3.8) is 0 Å². The SMILES string of the molecule is CCC(C)(CCO)NS(=O)(=O)NCC(C)C. The Labute approximate surface area is 98.8 Å². The molecule has 0 saturated carbocycles. The van der Waals surface area contributed by atoms with Gasteiger partial charge in [-0.2, -0.15) is 13.1 Å². The molecule has 0 aliphatic carbocycles. The highest BCUT2D eigenvalue weighted by Crippen LogP contribution is 2.14. The minimum absolute atomic E-state index is 0.0307. The summed E-state index contributed by atoms with van der Waals surface area (Å²) >= 11 is 0. The molecule has 0 aliphatic heterocycles. The van der Waals surface area contributed by atoms with Crippen LogP contribution < -0.4 is 9.44 Å². The van der Waals surface area contributed by atoms with Crippen LogP contribution in [0.2, 0.25) is 0 Å². The predicted molar refractivity (Wildman–Crippen MR) is 65.3 cm³/mol. The molecule has 1 atom stereocenters. The maximum Gasteiger partial charge on any atom is 0.277 e. The quantitative estimate of drug-likeness (QED) is 0.592. The first-order valence-corrected chi connectivity index (χ1v) is 7.12. The monoisotopic (exact) mass is 252 g/mol. The summed E-state index contributed by atoms with van der Waals surface area (Å²) in [7, 11) is -3.48. The molecule has 0 amide bonds. The third-order valence-corrected chi connectivity index (χ3v) is 3.81.